The summed E-state index contributed by atoms with van der Waals surface area (Å²) in [6, 6.07) is -0.100. The van der Waals surface area contributed by atoms with Crippen molar-refractivity contribution in [2.75, 3.05) is 19.0 Å². The Bertz CT molecular complexity index is 374. The molecule has 0 fully saturated rings. The van der Waals surface area contributed by atoms with Crippen molar-refractivity contribution in [2.45, 2.75) is 19.0 Å². The lowest BCUT2D eigenvalue weighted by molar-refractivity contribution is -0.136. The lowest BCUT2D eigenvalue weighted by atomic mass is 10.3. The first kappa shape index (κ1) is 13.8. The average molecular weight is 271 g/mol. The standard InChI is InChI=1S/C8H10ClF3N4O/c1-13-6-14-5(9)15-7(16-6)17-4-2-3-8(10,11)12/h2-4H2,1H3,(H,13,14,15,16). The molecule has 17 heavy (non-hydrogen) atoms. The SMILES string of the molecule is CNc1nc(Cl)nc(OCCCC(F)(F)F)n1. The van der Waals surface area contributed by atoms with Gasteiger partial charge in [-0.2, -0.15) is 28.1 Å². The van der Waals surface area contributed by atoms with Crippen LogP contribution in [0.1, 0.15) is 12.8 Å². The van der Waals surface area contributed by atoms with Gasteiger partial charge in [0.2, 0.25) is 11.2 Å². The van der Waals surface area contributed by atoms with Crippen molar-refractivity contribution in [2.24, 2.45) is 0 Å². The first-order valence-corrected chi connectivity index (χ1v) is 5.07. The van der Waals surface area contributed by atoms with E-state index >= 15 is 0 Å². The minimum atomic E-state index is -4.18. The number of alkyl halides is 3. The molecule has 0 aromatic carbocycles. The van der Waals surface area contributed by atoms with E-state index in [1.807, 2.05) is 0 Å². The van der Waals surface area contributed by atoms with Gasteiger partial charge in [-0.3, -0.25) is 0 Å². The molecule has 0 amide bonds. The Kier molecular flexibility index (Phi) is 4.73. The third-order valence-corrected chi connectivity index (χ3v) is 1.82. The summed E-state index contributed by atoms with van der Waals surface area (Å²) >= 11 is 5.55. The van der Waals surface area contributed by atoms with E-state index in [0.717, 1.165) is 0 Å². The number of hydrogen-bond acceptors (Lipinski definition) is 5. The number of rotatable bonds is 5. The van der Waals surface area contributed by atoms with E-state index in [0.29, 0.717) is 0 Å². The highest BCUT2D eigenvalue weighted by molar-refractivity contribution is 6.28. The van der Waals surface area contributed by atoms with Gasteiger partial charge in [-0.1, -0.05) is 0 Å². The van der Waals surface area contributed by atoms with Crippen molar-refractivity contribution in [3.05, 3.63) is 5.28 Å². The van der Waals surface area contributed by atoms with Crippen LogP contribution in [0.15, 0.2) is 0 Å². The second-order valence-corrected chi connectivity index (χ2v) is 3.37. The van der Waals surface area contributed by atoms with Crippen LogP contribution in [0.3, 0.4) is 0 Å². The van der Waals surface area contributed by atoms with Crippen LogP contribution in [0.25, 0.3) is 0 Å². The summed E-state index contributed by atoms with van der Waals surface area (Å²) in [5.74, 6) is 0.191. The van der Waals surface area contributed by atoms with Gasteiger partial charge in [0.1, 0.15) is 0 Å². The summed E-state index contributed by atoms with van der Waals surface area (Å²) in [6.45, 7) is -0.136. The highest BCUT2D eigenvalue weighted by Crippen LogP contribution is 2.21. The van der Waals surface area contributed by atoms with Crippen LogP contribution in [-0.2, 0) is 0 Å². The van der Waals surface area contributed by atoms with Gasteiger partial charge in [0.15, 0.2) is 0 Å². The first-order chi connectivity index (χ1) is 7.90. The maximum Gasteiger partial charge on any atom is 0.389 e. The number of ether oxygens (including phenoxy) is 1. The van der Waals surface area contributed by atoms with Crippen molar-refractivity contribution in [1.82, 2.24) is 15.0 Å². The molecule has 0 radical (unpaired) electrons. The zero-order valence-electron chi connectivity index (χ0n) is 8.88. The largest absolute Gasteiger partial charge is 0.463 e. The fraction of sp³-hybridized carbons (Fsp3) is 0.625. The first-order valence-electron chi connectivity index (χ1n) is 4.69. The van der Waals surface area contributed by atoms with Gasteiger partial charge in [0.25, 0.3) is 0 Å². The second kappa shape index (κ2) is 5.85. The number of nitrogens with zero attached hydrogens (tertiary/aromatic N) is 3. The lowest BCUT2D eigenvalue weighted by Gasteiger charge is -2.07. The minimum absolute atomic E-state index is 0.0878. The summed E-state index contributed by atoms with van der Waals surface area (Å²) in [4.78, 5) is 11.1. The topological polar surface area (TPSA) is 59.9 Å². The van der Waals surface area contributed by atoms with Gasteiger partial charge in [-0.05, 0) is 18.0 Å². The molecule has 1 aromatic heterocycles. The normalized spacial score (nSPS) is 11.4. The monoisotopic (exact) mass is 270 g/mol. The summed E-state index contributed by atoms with van der Waals surface area (Å²) in [7, 11) is 1.57. The Labute approximate surface area is 100 Å². The Morgan fingerprint density at radius 1 is 1.29 bits per heavy atom. The van der Waals surface area contributed by atoms with E-state index in [9.17, 15) is 13.2 Å². The van der Waals surface area contributed by atoms with E-state index in [-0.39, 0.29) is 30.3 Å². The molecule has 9 heteroatoms. The zero-order chi connectivity index (χ0) is 12.9. The molecule has 0 atom stereocenters. The summed E-state index contributed by atoms with van der Waals surface area (Å²) in [5, 5.41) is 2.53. The predicted octanol–water partition coefficient (Wildman–Crippen LogP) is 2.29. The third-order valence-electron chi connectivity index (χ3n) is 1.65. The lowest BCUT2D eigenvalue weighted by Crippen LogP contribution is -2.11. The zero-order valence-corrected chi connectivity index (χ0v) is 9.64. The number of nitrogens with one attached hydrogen (secondary N) is 1. The molecule has 0 spiro atoms. The molecule has 1 aromatic rings. The van der Waals surface area contributed by atoms with Crippen LogP contribution < -0.4 is 10.1 Å². The fourth-order valence-electron chi connectivity index (χ4n) is 0.944. The average Bonchev–Trinajstić information content (AvgIpc) is 2.22. The van der Waals surface area contributed by atoms with E-state index < -0.39 is 12.6 Å². The third kappa shape index (κ3) is 5.53. The van der Waals surface area contributed by atoms with E-state index in [4.69, 9.17) is 16.3 Å². The van der Waals surface area contributed by atoms with Gasteiger partial charge in [0.05, 0.1) is 6.61 Å². The van der Waals surface area contributed by atoms with E-state index in [2.05, 4.69) is 20.3 Å². The molecule has 0 bridgehead atoms. The van der Waals surface area contributed by atoms with Crippen molar-refractivity contribution < 1.29 is 17.9 Å². The molecule has 0 unspecified atom stereocenters. The van der Waals surface area contributed by atoms with Gasteiger partial charge in [0, 0.05) is 13.5 Å². The molecule has 1 rings (SSSR count). The van der Waals surface area contributed by atoms with Crippen LogP contribution in [-0.4, -0.2) is 34.8 Å². The Balaban J connectivity index is 2.44. The van der Waals surface area contributed by atoms with Gasteiger partial charge < -0.3 is 10.1 Å². The van der Waals surface area contributed by atoms with Crippen molar-refractivity contribution >= 4 is 17.5 Å². The summed E-state index contributed by atoms with van der Waals surface area (Å²) in [6.07, 6.45) is -5.26. The van der Waals surface area contributed by atoms with Crippen molar-refractivity contribution in [3.8, 4) is 6.01 Å². The summed E-state index contributed by atoms with van der Waals surface area (Å²) in [5.41, 5.74) is 0. The molecule has 0 saturated heterocycles. The van der Waals surface area contributed by atoms with Gasteiger partial charge in [-0.15, -0.1) is 0 Å². The maximum atomic E-state index is 11.8. The molecular formula is C8H10ClF3N4O. The van der Waals surface area contributed by atoms with Gasteiger partial charge in [-0.25, -0.2) is 0 Å². The molecule has 0 aliphatic carbocycles. The fourth-order valence-corrected chi connectivity index (χ4v) is 1.10. The Morgan fingerprint density at radius 2 is 2.00 bits per heavy atom. The van der Waals surface area contributed by atoms with Crippen LogP contribution in [0.2, 0.25) is 5.28 Å². The smallest absolute Gasteiger partial charge is 0.389 e. The molecule has 5 nitrogen and oxygen atoms in total. The molecule has 96 valence electrons. The van der Waals surface area contributed by atoms with E-state index in [1.54, 1.807) is 7.05 Å². The van der Waals surface area contributed by atoms with Crippen LogP contribution >= 0.6 is 11.6 Å². The van der Waals surface area contributed by atoms with Crippen molar-refractivity contribution in [3.63, 3.8) is 0 Å². The Hall–Kier alpha value is -1.31. The van der Waals surface area contributed by atoms with Gasteiger partial charge >= 0.3 is 12.2 Å². The van der Waals surface area contributed by atoms with Crippen LogP contribution in [0, 0.1) is 0 Å². The molecule has 1 N–H and O–H groups in total. The van der Waals surface area contributed by atoms with E-state index in [1.165, 1.54) is 0 Å². The minimum Gasteiger partial charge on any atom is -0.463 e. The summed E-state index contributed by atoms with van der Waals surface area (Å²) < 4.78 is 40.4. The molecule has 0 aliphatic heterocycles. The highest BCUT2D eigenvalue weighted by atomic mass is 35.5. The van der Waals surface area contributed by atoms with Crippen molar-refractivity contribution in [1.29, 1.82) is 0 Å². The number of aromatic nitrogens is 3. The second-order valence-electron chi connectivity index (χ2n) is 3.03. The number of halogens is 4. The van der Waals surface area contributed by atoms with Crippen LogP contribution in [0.4, 0.5) is 19.1 Å². The highest BCUT2D eigenvalue weighted by Gasteiger charge is 2.26. The maximum absolute atomic E-state index is 11.8. The molecule has 1 heterocycles. The molecule has 0 aliphatic rings. The molecule has 0 saturated carbocycles. The van der Waals surface area contributed by atoms with Crippen LogP contribution in [0.5, 0.6) is 6.01 Å². The quantitative estimate of drug-likeness (QED) is 0.832. The Morgan fingerprint density at radius 3 is 2.59 bits per heavy atom. The predicted molar refractivity (Wildman–Crippen MR) is 55.2 cm³/mol. The molecular weight excluding hydrogens is 261 g/mol. The number of anilines is 1. The number of hydrogen-bond donors (Lipinski definition) is 1.